The summed E-state index contributed by atoms with van der Waals surface area (Å²) in [5.74, 6) is -0.495. The molecule has 0 amide bonds. The summed E-state index contributed by atoms with van der Waals surface area (Å²) in [5, 5.41) is 0. The quantitative estimate of drug-likeness (QED) is 0.562. The van der Waals surface area contributed by atoms with E-state index in [1.807, 2.05) is 19.9 Å². The Kier molecular flexibility index (Phi) is 4.09. The first kappa shape index (κ1) is 17.2. The van der Waals surface area contributed by atoms with Crippen molar-refractivity contribution >= 4 is 12.3 Å². The van der Waals surface area contributed by atoms with E-state index >= 15 is 0 Å². The van der Waals surface area contributed by atoms with E-state index in [1.54, 1.807) is 0 Å². The fourth-order valence-corrected chi connectivity index (χ4v) is 5.08. The third kappa shape index (κ3) is 2.68. The average Bonchev–Trinajstić information content (AvgIpc) is 2.50. The molecule has 0 N–H and O–H groups in total. The third-order valence-electron chi connectivity index (χ3n) is 6.03. The molecule has 24 heavy (non-hydrogen) atoms. The lowest BCUT2D eigenvalue weighted by Gasteiger charge is -2.45. The van der Waals surface area contributed by atoms with Crippen LogP contribution in [0.3, 0.4) is 0 Å². The van der Waals surface area contributed by atoms with Crippen LogP contribution in [0, 0.1) is 5.41 Å². The van der Waals surface area contributed by atoms with Crippen molar-refractivity contribution in [2.45, 2.75) is 77.7 Å². The van der Waals surface area contributed by atoms with E-state index in [0.29, 0.717) is 11.0 Å². The van der Waals surface area contributed by atoms with Crippen molar-refractivity contribution in [1.82, 2.24) is 0 Å². The van der Waals surface area contributed by atoms with E-state index in [0.717, 1.165) is 30.3 Å². The largest absolute Gasteiger partial charge is 0.457 e. The second-order valence-electron chi connectivity index (χ2n) is 8.70. The molecule has 0 spiro atoms. The summed E-state index contributed by atoms with van der Waals surface area (Å²) < 4.78 is 5.49. The number of hydrogen-bond donors (Lipinski definition) is 0. The predicted molar refractivity (Wildman–Crippen MR) is 94.4 cm³/mol. The van der Waals surface area contributed by atoms with Crippen LogP contribution in [-0.2, 0) is 14.9 Å². The van der Waals surface area contributed by atoms with Crippen molar-refractivity contribution in [3.05, 3.63) is 34.4 Å². The van der Waals surface area contributed by atoms with Crippen LogP contribution in [0.2, 0.25) is 0 Å². The van der Waals surface area contributed by atoms with Gasteiger partial charge in [-0.3, -0.25) is 9.59 Å². The Morgan fingerprint density at radius 3 is 2.46 bits per heavy atom. The van der Waals surface area contributed by atoms with Crippen LogP contribution in [0.25, 0.3) is 0 Å². The lowest BCUT2D eigenvalue weighted by molar-refractivity contribution is -0.152. The molecule has 1 aromatic rings. The number of carbonyl (C=O) groups is 2. The Morgan fingerprint density at radius 1 is 1.12 bits per heavy atom. The van der Waals surface area contributed by atoms with Gasteiger partial charge in [-0.25, -0.2) is 0 Å². The van der Waals surface area contributed by atoms with Gasteiger partial charge in [0.05, 0.1) is 5.92 Å². The second kappa shape index (κ2) is 5.72. The molecule has 0 radical (unpaired) electrons. The number of cyclic esters (lactones) is 1. The van der Waals surface area contributed by atoms with E-state index in [9.17, 15) is 9.59 Å². The third-order valence-corrected chi connectivity index (χ3v) is 6.03. The zero-order valence-corrected chi connectivity index (χ0v) is 15.4. The van der Waals surface area contributed by atoms with Crippen molar-refractivity contribution in [2.75, 3.05) is 0 Å². The predicted octanol–water partition coefficient (Wildman–Crippen LogP) is 5.08. The maximum atomic E-state index is 12.3. The molecule has 0 aromatic heterocycles. The Labute approximate surface area is 144 Å². The zero-order valence-electron chi connectivity index (χ0n) is 15.4. The van der Waals surface area contributed by atoms with Crippen LogP contribution < -0.4 is 0 Å². The van der Waals surface area contributed by atoms with Crippen molar-refractivity contribution in [3.63, 3.8) is 0 Å². The first-order chi connectivity index (χ1) is 11.2. The number of rotatable bonds is 2. The van der Waals surface area contributed by atoms with Crippen LogP contribution in [0.15, 0.2) is 12.1 Å². The lowest BCUT2D eigenvalue weighted by atomic mass is 9.60. The Balaban J connectivity index is 2.21. The highest BCUT2D eigenvalue weighted by Gasteiger charge is 2.43. The number of carbonyl (C=O) groups excluding carboxylic acids is 2. The standard InChI is InChI=1S/C21H28O3/c1-13-17-16(21(5)10-6-9-20(3,4)12-21)8-7-15(11-22)18(17)14(2)24-19(13)23/h7-8,11,13-14H,6,9-10,12H2,1-5H3/t13-,14+,21+/m1/s1. The van der Waals surface area contributed by atoms with Gasteiger partial charge in [0.25, 0.3) is 0 Å². The highest BCUT2D eigenvalue weighted by Crippen LogP contribution is 2.51. The van der Waals surface area contributed by atoms with Crippen molar-refractivity contribution in [1.29, 1.82) is 0 Å². The summed E-state index contributed by atoms with van der Waals surface area (Å²) in [5.41, 5.74) is 4.19. The summed E-state index contributed by atoms with van der Waals surface area (Å²) in [4.78, 5) is 23.9. The van der Waals surface area contributed by atoms with Gasteiger partial charge in [-0.2, -0.15) is 0 Å². The maximum absolute atomic E-state index is 12.3. The molecule has 1 fully saturated rings. The first-order valence-electron chi connectivity index (χ1n) is 9.01. The molecule has 3 rings (SSSR count). The van der Waals surface area contributed by atoms with Crippen LogP contribution in [0.4, 0.5) is 0 Å². The topological polar surface area (TPSA) is 43.4 Å². The number of fused-ring (bicyclic) bond motifs is 1. The van der Waals surface area contributed by atoms with Crippen LogP contribution in [0.1, 0.15) is 99.4 Å². The second-order valence-corrected chi connectivity index (χ2v) is 8.70. The van der Waals surface area contributed by atoms with Gasteiger partial charge in [0, 0.05) is 11.1 Å². The van der Waals surface area contributed by atoms with Gasteiger partial charge in [0.15, 0.2) is 0 Å². The van der Waals surface area contributed by atoms with E-state index in [-0.39, 0.29) is 23.4 Å². The molecular formula is C21H28O3. The molecule has 3 atom stereocenters. The molecule has 0 unspecified atom stereocenters. The first-order valence-corrected chi connectivity index (χ1v) is 9.01. The highest BCUT2D eigenvalue weighted by molar-refractivity contribution is 5.86. The summed E-state index contributed by atoms with van der Waals surface area (Å²) >= 11 is 0. The molecule has 1 heterocycles. The number of hydrogen-bond acceptors (Lipinski definition) is 3. The Bertz CT molecular complexity index is 689. The molecule has 1 aliphatic carbocycles. The van der Waals surface area contributed by atoms with Gasteiger partial charge < -0.3 is 4.74 Å². The number of esters is 1. The smallest absolute Gasteiger partial charge is 0.313 e. The molecule has 0 saturated heterocycles. The minimum Gasteiger partial charge on any atom is -0.457 e. The number of ether oxygens (including phenoxy) is 1. The maximum Gasteiger partial charge on any atom is 0.313 e. The Hall–Kier alpha value is -1.64. The minimum absolute atomic E-state index is 0.0405. The lowest BCUT2D eigenvalue weighted by Crippen LogP contribution is -2.37. The number of benzene rings is 1. The molecule has 1 saturated carbocycles. The van der Waals surface area contributed by atoms with Crippen molar-refractivity contribution in [2.24, 2.45) is 5.41 Å². The summed E-state index contributed by atoms with van der Waals surface area (Å²) in [7, 11) is 0. The molecule has 0 bridgehead atoms. The van der Waals surface area contributed by atoms with Crippen molar-refractivity contribution in [3.8, 4) is 0 Å². The van der Waals surface area contributed by atoms with Gasteiger partial charge in [-0.15, -0.1) is 0 Å². The fraction of sp³-hybridized carbons (Fsp3) is 0.619. The van der Waals surface area contributed by atoms with E-state index < -0.39 is 0 Å². The molecule has 2 aliphatic rings. The van der Waals surface area contributed by atoms with Gasteiger partial charge in [0.1, 0.15) is 12.4 Å². The zero-order chi connectivity index (χ0) is 17.7. The van der Waals surface area contributed by atoms with Crippen molar-refractivity contribution < 1.29 is 14.3 Å². The van der Waals surface area contributed by atoms with Crippen LogP contribution >= 0.6 is 0 Å². The molecule has 1 aromatic carbocycles. The van der Waals surface area contributed by atoms with E-state index in [4.69, 9.17) is 4.74 Å². The van der Waals surface area contributed by atoms with Gasteiger partial charge in [0.2, 0.25) is 0 Å². The van der Waals surface area contributed by atoms with Gasteiger partial charge in [-0.1, -0.05) is 39.3 Å². The highest BCUT2D eigenvalue weighted by atomic mass is 16.5. The number of aldehydes is 1. The summed E-state index contributed by atoms with van der Waals surface area (Å²) in [6.07, 6.45) is 5.19. The molecular weight excluding hydrogens is 300 g/mol. The minimum atomic E-state index is -0.357. The Morgan fingerprint density at radius 2 is 1.83 bits per heavy atom. The van der Waals surface area contributed by atoms with E-state index in [2.05, 4.69) is 26.8 Å². The molecule has 3 nitrogen and oxygen atoms in total. The van der Waals surface area contributed by atoms with E-state index in [1.165, 1.54) is 18.4 Å². The van der Waals surface area contributed by atoms with Crippen LogP contribution in [-0.4, -0.2) is 12.3 Å². The SMILES string of the molecule is C[C@@H]1OC(=O)[C@H](C)c2c([C@@]3(C)CCCC(C)(C)C3)ccc(C=O)c21. The summed E-state index contributed by atoms with van der Waals surface area (Å²) in [6.45, 7) is 10.8. The monoisotopic (exact) mass is 328 g/mol. The van der Waals surface area contributed by atoms with Gasteiger partial charge >= 0.3 is 5.97 Å². The summed E-state index contributed by atoms with van der Waals surface area (Å²) in [6, 6.07) is 4.00. The molecule has 130 valence electrons. The molecule has 3 heteroatoms. The molecule has 1 aliphatic heterocycles. The fourth-order valence-electron chi connectivity index (χ4n) is 5.08. The average molecular weight is 328 g/mol. The van der Waals surface area contributed by atoms with Gasteiger partial charge in [-0.05, 0) is 55.1 Å². The van der Waals surface area contributed by atoms with Crippen LogP contribution in [0.5, 0.6) is 0 Å². The normalized spacial score (nSPS) is 32.0.